The molecule has 1 aliphatic carbocycles. The van der Waals surface area contributed by atoms with Crippen molar-refractivity contribution < 1.29 is 0 Å². The maximum Gasteiger partial charge on any atom is 0.0252 e. The van der Waals surface area contributed by atoms with Crippen LogP contribution in [0.2, 0.25) is 0 Å². The van der Waals surface area contributed by atoms with Gasteiger partial charge in [-0.1, -0.05) is 19.8 Å². The van der Waals surface area contributed by atoms with Crippen LogP contribution < -0.4 is 5.32 Å². The molecule has 1 heterocycles. The van der Waals surface area contributed by atoms with Crippen LogP contribution in [0.5, 0.6) is 0 Å². The highest BCUT2D eigenvalue weighted by Crippen LogP contribution is 2.27. The van der Waals surface area contributed by atoms with Crippen LogP contribution >= 0.6 is 0 Å². The van der Waals surface area contributed by atoms with Gasteiger partial charge in [-0.25, -0.2) is 0 Å². The van der Waals surface area contributed by atoms with Crippen molar-refractivity contribution in [2.45, 2.75) is 64.5 Å². The van der Waals surface area contributed by atoms with E-state index < -0.39 is 0 Å². The minimum Gasteiger partial charge on any atom is -0.309 e. The Balaban J connectivity index is 1.91. The quantitative estimate of drug-likeness (QED) is 0.689. The highest BCUT2D eigenvalue weighted by atomic mass is 15.2. The zero-order valence-corrected chi connectivity index (χ0v) is 11.3. The van der Waals surface area contributed by atoms with E-state index in [1.54, 1.807) is 0 Å². The molecule has 2 heteroatoms. The topological polar surface area (TPSA) is 15.3 Å². The van der Waals surface area contributed by atoms with Gasteiger partial charge in [0.15, 0.2) is 0 Å². The lowest BCUT2D eigenvalue weighted by atomic mass is 9.98. The van der Waals surface area contributed by atoms with Gasteiger partial charge in [0.05, 0.1) is 0 Å². The summed E-state index contributed by atoms with van der Waals surface area (Å²) in [4.78, 5) is 2.74. The first kappa shape index (κ1) is 12.4. The summed E-state index contributed by atoms with van der Waals surface area (Å²) in [6, 6.07) is 0.867. The second kappa shape index (κ2) is 5.05. The molecule has 0 bridgehead atoms. The summed E-state index contributed by atoms with van der Waals surface area (Å²) in [6.45, 7) is 10.7. The Kier molecular flexibility index (Phi) is 3.91. The highest BCUT2D eigenvalue weighted by Gasteiger charge is 2.30. The first-order chi connectivity index (χ1) is 7.57. The van der Waals surface area contributed by atoms with E-state index in [-0.39, 0.29) is 0 Å². The number of nitrogens with one attached hydrogen (secondary N) is 1. The zero-order chi connectivity index (χ0) is 11.6. The summed E-state index contributed by atoms with van der Waals surface area (Å²) in [5.41, 5.74) is 0.316. The average molecular weight is 224 g/mol. The van der Waals surface area contributed by atoms with Crippen LogP contribution in [0.3, 0.4) is 0 Å². The monoisotopic (exact) mass is 224 g/mol. The Bertz CT molecular complexity index is 225. The van der Waals surface area contributed by atoms with Crippen LogP contribution in [-0.2, 0) is 0 Å². The minimum absolute atomic E-state index is 0.316. The van der Waals surface area contributed by atoms with Gasteiger partial charge in [-0.3, -0.25) is 4.90 Å². The van der Waals surface area contributed by atoms with Gasteiger partial charge in [0, 0.05) is 31.2 Å². The summed E-state index contributed by atoms with van der Waals surface area (Å²) in [7, 11) is 0. The van der Waals surface area contributed by atoms with E-state index in [1.165, 1.54) is 51.7 Å². The molecular weight excluding hydrogens is 196 g/mol. The van der Waals surface area contributed by atoms with Crippen LogP contribution in [0.15, 0.2) is 0 Å². The van der Waals surface area contributed by atoms with Crippen molar-refractivity contribution in [2.24, 2.45) is 5.92 Å². The second-order valence-corrected chi connectivity index (χ2v) is 6.55. The first-order valence-corrected chi connectivity index (χ1v) is 7.06. The minimum atomic E-state index is 0.316. The van der Waals surface area contributed by atoms with Gasteiger partial charge >= 0.3 is 0 Å². The largest absolute Gasteiger partial charge is 0.309 e. The Morgan fingerprint density at radius 2 is 1.94 bits per heavy atom. The fourth-order valence-corrected chi connectivity index (χ4v) is 3.32. The molecule has 2 unspecified atom stereocenters. The van der Waals surface area contributed by atoms with E-state index >= 15 is 0 Å². The summed E-state index contributed by atoms with van der Waals surface area (Å²) in [5, 5.41) is 3.61. The van der Waals surface area contributed by atoms with Gasteiger partial charge in [-0.15, -0.1) is 0 Å². The Labute approximate surface area is 101 Å². The summed E-state index contributed by atoms with van der Waals surface area (Å²) in [6.07, 6.45) is 7.19. The van der Waals surface area contributed by atoms with Gasteiger partial charge in [0.25, 0.3) is 0 Å². The molecule has 2 aliphatic rings. The van der Waals surface area contributed by atoms with Gasteiger partial charge in [-0.05, 0) is 39.0 Å². The van der Waals surface area contributed by atoms with Crippen molar-refractivity contribution in [1.82, 2.24) is 10.2 Å². The van der Waals surface area contributed by atoms with E-state index in [0.717, 1.165) is 12.0 Å². The van der Waals surface area contributed by atoms with Crippen LogP contribution in [-0.4, -0.2) is 36.1 Å². The molecule has 2 rings (SSSR count). The lowest BCUT2D eigenvalue weighted by molar-refractivity contribution is 0.0995. The normalized spacial score (nSPS) is 36.9. The van der Waals surface area contributed by atoms with Crippen molar-refractivity contribution in [3.63, 3.8) is 0 Å². The number of nitrogens with zero attached hydrogens (tertiary/aromatic N) is 1. The third-order valence-electron chi connectivity index (χ3n) is 4.34. The maximum absolute atomic E-state index is 3.61. The molecule has 0 radical (unpaired) electrons. The molecule has 0 aromatic heterocycles. The van der Waals surface area contributed by atoms with Crippen LogP contribution in [0.4, 0.5) is 0 Å². The molecule has 2 atom stereocenters. The third kappa shape index (κ3) is 3.21. The maximum atomic E-state index is 3.61. The molecule has 0 aromatic carbocycles. The SMILES string of the molecule is CC1CCCC(N2CCNC(C)(C)C2)CC1. The fourth-order valence-electron chi connectivity index (χ4n) is 3.32. The molecule has 1 N–H and O–H groups in total. The average Bonchev–Trinajstić information content (AvgIpc) is 2.41. The van der Waals surface area contributed by atoms with E-state index in [2.05, 4.69) is 31.0 Å². The van der Waals surface area contributed by atoms with Crippen molar-refractivity contribution in [3.05, 3.63) is 0 Å². The summed E-state index contributed by atoms with van der Waals surface area (Å²) < 4.78 is 0. The summed E-state index contributed by atoms with van der Waals surface area (Å²) in [5.74, 6) is 0.959. The molecule has 94 valence electrons. The number of rotatable bonds is 1. The van der Waals surface area contributed by atoms with Gasteiger partial charge in [0.1, 0.15) is 0 Å². The number of piperazine rings is 1. The van der Waals surface area contributed by atoms with E-state index in [9.17, 15) is 0 Å². The smallest absolute Gasteiger partial charge is 0.0252 e. The highest BCUT2D eigenvalue weighted by molar-refractivity contribution is 4.90. The molecule has 2 nitrogen and oxygen atoms in total. The number of hydrogen-bond acceptors (Lipinski definition) is 2. The van der Waals surface area contributed by atoms with Crippen molar-refractivity contribution >= 4 is 0 Å². The van der Waals surface area contributed by atoms with Crippen LogP contribution in [0, 0.1) is 5.92 Å². The van der Waals surface area contributed by atoms with Crippen LogP contribution in [0.1, 0.15) is 52.9 Å². The first-order valence-electron chi connectivity index (χ1n) is 7.06. The molecule has 0 aromatic rings. The van der Waals surface area contributed by atoms with Crippen molar-refractivity contribution in [2.75, 3.05) is 19.6 Å². The molecular formula is C14H28N2. The molecule has 0 amide bonds. The molecule has 1 saturated carbocycles. The standard InChI is InChI=1S/C14H28N2/c1-12-5-4-6-13(8-7-12)16-10-9-15-14(2,3)11-16/h12-13,15H,4-11H2,1-3H3. The predicted molar refractivity (Wildman–Crippen MR) is 69.7 cm³/mol. The van der Waals surface area contributed by atoms with Crippen molar-refractivity contribution in [1.29, 1.82) is 0 Å². The molecule has 1 aliphatic heterocycles. The Morgan fingerprint density at radius 3 is 2.69 bits per heavy atom. The Hall–Kier alpha value is -0.0800. The number of hydrogen-bond donors (Lipinski definition) is 1. The predicted octanol–water partition coefficient (Wildman–Crippen LogP) is 2.64. The molecule has 1 saturated heterocycles. The lowest BCUT2D eigenvalue weighted by Gasteiger charge is -2.43. The molecule has 16 heavy (non-hydrogen) atoms. The molecule has 2 fully saturated rings. The van der Waals surface area contributed by atoms with E-state index in [4.69, 9.17) is 0 Å². The Morgan fingerprint density at radius 1 is 1.12 bits per heavy atom. The zero-order valence-electron chi connectivity index (χ0n) is 11.3. The van der Waals surface area contributed by atoms with Gasteiger partial charge in [0.2, 0.25) is 0 Å². The lowest BCUT2D eigenvalue weighted by Crippen LogP contribution is -2.59. The van der Waals surface area contributed by atoms with Gasteiger partial charge in [-0.2, -0.15) is 0 Å². The second-order valence-electron chi connectivity index (χ2n) is 6.55. The van der Waals surface area contributed by atoms with E-state index in [1.807, 2.05) is 0 Å². The van der Waals surface area contributed by atoms with Gasteiger partial charge < -0.3 is 5.32 Å². The molecule has 0 spiro atoms. The fraction of sp³-hybridized carbons (Fsp3) is 1.00. The summed E-state index contributed by atoms with van der Waals surface area (Å²) >= 11 is 0. The van der Waals surface area contributed by atoms with E-state index in [0.29, 0.717) is 5.54 Å². The van der Waals surface area contributed by atoms with Crippen molar-refractivity contribution in [3.8, 4) is 0 Å². The van der Waals surface area contributed by atoms with Crippen LogP contribution in [0.25, 0.3) is 0 Å². The third-order valence-corrected chi connectivity index (χ3v) is 4.34.